The summed E-state index contributed by atoms with van der Waals surface area (Å²) in [6.45, 7) is 5.68. The number of benzene rings is 1. The van der Waals surface area contributed by atoms with Gasteiger partial charge in [0.1, 0.15) is 0 Å². The van der Waals surface area contributed by atoms with Gasteiger partial charge in [-0.15, -0.1) is 6.58 Å². The number of rotatable bonds is 4. The van der Waals surface area contributed by atoms with Crippen molar-refractivity contribution < 1.29 is 4.79 Å². The Kier molecular flexibility index (Phi) is 3.46. The molecule has 0 saturated carbocycles. The summed E-state index contributed by atoms with van der Waals surface area (Å²) in [5.41, 5.74) is 7.88. The van der Waals surface area contributed by atoms with Gasteiger partial charge in [-0.25, -0.2) is 0 Å². The lowest BCUT2D eigenvalue weighted by atomic mass is 10.0. The molecule has 0 aliphatic carbocycles. The molecule has 1 rings (SSSR count). The van der Waals surface area contributed by atoms with E-state index in [1.165, 1.54) is 0 Å². The zero-order chi connectivity index (χ0) is 10.6. The Morgan fingerprint density at radius 3 is 2.57 bits per heavy atom. The van der Waals surface area contributed by atoms with Crippen molar-refractivity contribution in [3.63, 3.8) is 0 Å². The smallest absolute Gasteiger partial charge is 0.165 e. The summed E-state index contributed by atoms with van der Waals surface area (Å²) in [6.07, 6.45) is 1.22. The van der Waals surface area contributed by atoms with Crippen molar-refractivity contribution in [2.75, 3.05) is 5.73 Å². The standard InChI is InChI=1S/C12H15NO/c1-9(2)7-8-12(14)10-5-3-4-6-11(10)13/h3-6H,1,7-8,13H2,2H3. The molecule has 2 nitrogen and oxygen atoms in total. The molecule has 0 aliphatic heterocycles. The van der Waals surface area contributed by atoms with E-state index in [1.54, 1.807) is 12.1 Å². The highest BCUT2D eigenvalue weighted by molar-refractivity contribution is 6.00. The second-order valence-corrected chi connectivity index (χ2v) is 3.47. The average Bonchev–Trinajstić information content (AvgIpc) is 2.15. The Bertz CT molecular complexity index is 355. The summed E-state index contributed by atoms with van der Waals surface area (Å²) in [7, 11) is 0. The highest BCUT2D eigenvalue weighted by Gasteiger charge is 2.07. The number of anilines is 1. The van der Waals surface area contributed by atoms with E-state index in [1.807, 2.05) is 19.1 Å². The number of hydrogen-bond donors (Lipinski definition) is 1. The summed E-state index contributed by atoms with van der Waals surface area (Å²) in [5, 5.41) is 0. The summed E-state index contributed by atoms with van der Waals surface area (Å²) in [5.74, 6) is 0.0890. The summed E-state index contributed by atoms with van der Waals surface area (Å²) < 4.78 is 0. The number of hydrogen-bond acceptors (Lipinski definition) is 2. The van der Waals surface area contributed by atoms with E-state index in [0.717, 1.165) is 12.0 Å². The summed E-state index contributed by atoms with van der Waals surface area (Å²) in [6, 6.07) is 7.15. The van der Waals surface area contributed by atoms with Crippen LogP contribution in [0.3, 0.4) is 0 Å². The number of Topliss-reactive ketones (excluding diaryl/α,β-unsaturated/α-hetero) is 1. The predicted octanol–water partition coefficient (Wildman–Crippen LogP) is 2.81. The molecule has 2 heteroatoms. The monoisotopic (exact) mass is 189 g/mol. The van der Waals surface area contributed by atoms with Gasteiger partial charge in [-0.3, -0.25) is 4.79 Å². The van der Waals surface area contributed by atoms with Gasteiger partial charge in [-0.05, 0) is 25.5 Å². The Balaban J connectivity index is 2.70. The predicted molar refractivity (Wildman–Crippen MR) is 59.2 cm³/mol. The number of nitrogens with two attached hydrogens (primary N) is 1. The topological polar surface area (TPSA) is 43.1 Å². The molecule has 0 unspecified atom stereocenters. The highest BCUT2D eigenvalue weighted by atomic mass is 16.1. The van der Waals surface area contributed by atoms with Crippen LogP contribution in [0.4, 0.5) is 5.69 Å². The fourth-order valence-corrected chi connectivity index (χ4v) is 1.21. The molecular formula is C12H15NO. The van der Waals surface area contributed by atoms with Crippen molar-refractivity contribution in [3.05, 3.63) is 42.0 Å². The fourth-order valence-electron chi connectivity index (χ4n) is 1.21. The fraction of sp³-hybridized carbons (Fsp3) is 0.250. The van der Waals surface area contributed by atoms with Gasteiger partial charge in [0.25, 0.3) is 0 Å². The lowest BCUT2D eigenvalue weighted by Gasteiger charge is -2.03. The van der Waals surface area contributed by atoms with Crippen LogP contribution in [0.2, 0.25) is 0 Å². The van der Waals surface area contributed by atoms with Gasteiger partial charge in [-0.2, -0.15) is 0 Å². The lowest BCUT2D eigenvalue weighted by molar-refractivity contribution is 0.0983. The van der Waals surface area contributed by atoms with Crippen molar-refractivity contribution >= 4 is 11.5 Å². The number of nitrogen functional groups attached to an aromatic ring is 1. The van der Waals surface area contributed by atoms with Crippen LogP contribution in [0.1, 0.15) is 30.1 Å². The van der Waals surface area contributed by atoms with Gasteiger partial charge in [-0.1, -0.05) is 17.7 Å². The van der Waals surface area contributed by atoms with Crippen LogP contribution >= 0.6 is 0 Å². The molecular weight excluding hydrogens is 174 g/mol. The first-order valence-corrected chi connectivity index (χ1v) is 4.63. The van der Waals surface area contributed by atoms with E-state index in [-0.39, 0.29) is 5.78 Å². The van der Waals surface area contributed by atoms with Gasteiger partial charge >= 0.3 is 0 Å². The maximum absolute atomic E-state index is 11.6. The average molecular weight is 189 g/mol. The maximum atomic E-state index is 11.6. The van der Waals surface area contributed by atoms with Gasteiger partial charge < -0.3 is 5.73 Å². The second-order valence-electron chi connectivity index (χ2n) is 3.47. The number of para-hydroxylation sites is 1. The number of allylic oxidation sites excluding steroid dienone is 1. The van der Waals surface area contributed by atoms with Crippen LogP contribution in [0.25, 0.3) is 0 Å². The Morgan fingerprint density at radius 1 is 1.36 bits per heavy atom. The molecule has 2 N–H and O–H groups in total. The first-order chi connectivity index (χ1) is 6.61. The quantitative estimate of drug-likeness (QED) is 0.449. The molecule has 1 aromatic rings. The van der Waals surface area contributed by atoms with Crippen LogP contribution in [0.5, 0.6) is 0 Å². The van der Waals surface area contributed by atoms with E-state index in [0.29, 0.717) is 17.7 Å². The van der Waals surface area contributed by atoms with Crippen LogP contribution < -0.4 is 5.73 Å². The van der Waals surface area contributed by atoms with Crippen molar-refractivity contribution in [2.24, 2.45) is 0 Å². The van der Waals surface area contributed by atoms with Gasteiger partial charge in [0.15, 0.2) is 5.78 Å². The lowest BCUT2D eigenvalue weighted by Crippen LogP contribution is -2.03. The largest absolute Gasteiger partial charge is 0.398 e. The molecule has 0 atom stereocenters. The molecule has 0 fully saturated rings. The number of carbonyl (C=O) groups excluding carboxylic acids is 1. The highest BCUT2D eigenvalue weighted by Crippen LogP contribution is 2.15. The first kappa shape index (κ1) is 10.5. The van der Waals surface area contributed by atoms with Crippen LogP contribution in [-0.2, 0) is 0 Å². The van der Waals surface area contributed by atoms with E-state index < -0.39 is 0 Å². The SMILES string of the molecule is C=C(C)CCC(=O)c1ccccc1N. The third-order valence-electron chi connectivity index (χ3n) is 2.04. The van der Waals surface area contributed by atoms with Gasteiger partial charge in [0.2, 0.25) is 0 Å². The van der Waals surface area contributed by atoms with Crippen LogP contribution in [0.15, 0.2) is 36.4 Å². The summed E-state index contributed by atoms with van der Waals surface area (Å²) >= 11 is 0. The second kappa shape index (κ2) is 4.61. The van der Waals surface area contributed by atoms with E-state index in [2.05, 4.69) is 6.58 Å². The van der Waals surface area contributed by atoms with E-state index in [4.69, 9.17) is 5.73 Å². The molecule has 0 aromatic heterocycles. The van der Waals surface area contributed by atoms with Crippen LogP contribution in [-0.4, -0.2) is 5.78 Å². The summed E-state index contributed by atoms with van der Waals surface area (Å²) in [4.78, 5) is 11.6. The molecule has 0 radical (unpaired) electrons. The third kappa shape index (κ3) is 2.73. The molecule has 0 heterocycles. The Morgan fingerprint density at radius 2 is 2.00 bits per heavy atom. The molecule has 0 saturated heterocycles. The molecule has 74 valence electrons. The third-order valence-corrected chi connectivity index (χ3v) is 2.04. The van der Waals surface area contributed by atoms with E-state index in [9.17, 15) is 4.79 Å². The zero-order valence-corrected chi connectivity index (χ0v) is 8.42. The molecule has 0 amide bonds. The van der Waals surface area contributed by atoms with Gasteiger partial charge in [0.05, 0.1) is 0 Å². The van der Waals surface area contributed by atoms with Crippen molar-refractivity contribution in [1.82, 2.24) is 0 Å². The molecule has 14 heavy (non-hydrogen) atoms. The molecule has 0 bridgehead atoms. The number of ketones is 1. The van der Waals surface area contributed by atoms with Crippen molar-refractivity contribution in [1.29, 1.82) is 0 Å². The van der Waals surface area contributed by atoms with Crippen molar-refractivity contribution in [2.45, 2.75) is 19.8 Å². The Labute approximate surface area is 84.4 Å². The molecule has 0 spiro atoms. The number of carbonyl (C=O) groups is 1. The minimum absolute atomic E-state index is 0.0890. The minimum atomic E-state index is 0.0890. The minimum Gasteiger partial charge on any atom is -0.398 e. The molecule has 1 aromatic carbocycles. The zero-order valence-electron chi connectivity index (χ0n) is 8.42. The normalized spacial score (nSPS) is 9.79. The van der Waals surface area contributed by atoms with Crippen LogP contribution in [0, 0.1) is 0 Å². The first-order valence-electron chi connectivity index (χ1n) is 4.63. The maximum Gasteiger partial charge on any atom is 0.165 e. The Hall–Kier alpha value is -1.57. The van der Waals surface area contributed by atoms with E-state index >= 15 is 0 Å². The van der Waals surface area contributed by atoms with Crippen molar-refractivity contribution in [3.8, 4) is 0 Å². The molecule has 0 aliphatic rings. The van der Waals surface area contributed by atoms with Gasteiger partial charge in [0, 0.05) is 17.7 Å².